The van der Waals surface area contributed by atoms with E-state index in [0.29, 0.717) is 19.0 Å². The highest BCUT2D eigenvalue weighted by molar-refractivity contribution is 7.07. The molecule has 0 unspecified atom stereocenters. The lowest BCUT2D eigenvalue weighted by Gasteiger charge is -2.26. The quantitative estimate of drug-likeness (QED) is 0.838. The van der Waals surface area contributed by atoms with Gasteiger partial charge in [-0.15, -0.1) is 0 Å². The SMILES string of the molecule is N#CCc1ccc(OC[C@H](O)CN2CCC[C@H]2c2ccsc2)cc1. The lowest BCUT2D eigenvalue weighted by atomic mass is 10.1. The van der Waals surface area contributed by atoms with Gasteiger partial charge in [0.05, 0.1) is 12.5 Å². The Morgan fingerprint density at radius 1 is 1.33 bits per heavy atom. The van der Waals surface area contributed by atoms with E-state index in [1.54, 1.807) is 11.3 Å². The second-order valence-electron chi connectivity index (χ2n) is 6.15. The first-order valence-corrected chi connectivity index (χ1v) is 9.23. The summed E-state index contributed by atoms with van der Waals surface area (Å²) in [6.07, 6.45) is 2.23. The van der Waals surface area contributed by atoms with Crippen molar-refractivity contribution in [2.45, 2.75) is 31.4 Å². The van der Waals surface area contributed by atoms with Crippen molar-refractivity contribution in [2.24, 2.45) is 0 Å². The van der Waals surface area contributed by atoms with Gasteiger partial charge in [0.25, 0.3) is 0 Å². The number of ether oxygens (including phenoxy) is 1. The molecule has 3 rings (SSSR count). The Balaban J connectivity index is 1.48. The zero-order valence-corrected chi connectivity index (χ0v) is 14.4. The lowest BCUT2D eigenvalue weighted by molar-refractivity contribution is 0.0639. The van der Waals surface area contributed by atoms with Gasteiger partial charge in [-0.25, -0.2) is 0 Å². The number of aliphatic hydroxyl groups excluding tert-OH is 1. The predicted molar refractivity (Wildman–Crippen MR) is 95.1 cm³/mol. The van der Waals surface area contributed by atoms with Gasteiger partial charge in [0.15, 0.2) is 0 Å². The largest absolute Gasteiger partial charge is 0.491 e. The molecule has 1 N–H and O–H groups in total. The molecule has 126 valence electrons. The number of hydrogen-bond donors (Lipinski definition) is 1. The average molecular weight is 342 g/mol. The Bertz CT molecular complexity index is 664. The third-order valence-electron chi connectivity index (χ3n) is 4.39. The molecule has 0 radical (unpaired) electrons. The summed E-state index contributed by atoms with van der Waals surface area (Å²) in [4.78, 5) is 2.35. The number of benzene rings is 1. The van der Waals surface area contributed by atoms with Crippen LogP contribution in [0.15, 0.2) is 41.1 Å². The van der Waals surface area contributed by atoms with E-state index in [-0.39, 0.29) is 6.61 Å². The molecule has 0 bridgehead atoms. The predicted octanol–water partition coefficient (Wildman–Crippen LogP) is 3.39. The van der Waals surface area contributed by atoms with Crippen molar-refractivity contribution in [2.75, 3.05) is 19.7 Å². The Kier molecular flexibility index (Phi) is 5.86. The van der Waals surface area contributed by atoms with Gasteiger partial charge in [-0.1, -0.05) is 12.1 Å². The maximum absolute atomic E-state index is 10.3. The van der Waals surface area contributed by atoms with E-state index in [9.17, 15) is 5.11 Å². The molecule has 0 amide bonds. The van der Waals surface area contributed by atoms with E-state index in [1.807, 2.05) is 24.3 Å². The molecule has 4 nitrogen and oxygen atoms in total. The number of aliphatic hydroxyl groups is 1. The van der Waals surface area contributed by atoms with Crippen LogP contribution in [0.1, 0.15) is 30.0 Å². The maximum Gasteiger partial charge on any atom is 0.119 e. The van der Waals surface area contributed by atoms with Crippen LogP contribution in [0.3, 0.4) is 0 Å². The zero-order chi connectivity index (χ0) is 16.8. The minimum Gasteiger partial charge on any atom is -0.491 e. The molecule has 1 saturated heterocycles. The highest BCUT2D eigenvalue weighted by Gasteiger charge is 2.27. The summed E-state index contributed by atoms with van der Waals surface area (Å²) in [7, 11) is 0. The first kappa shape index (κ1) is 17.0. The number of hydrogen-bond acceptors (Lipinski definition) is 5. The summed E-state index contributed by atoms with van der Waals surface area (Å²) >= 11 is 1.73. The van der Waals surface area contributed by atoms with Crippen LogP contribution in [-0.2, 0) is 6.42 Å². The van der Waals surface area contributed by atoms with E-state index in [1.165, 1.54) is 12.0 Å². The van der Waals surface area contributed by atoms with Crippen molar-refractivity contribution >= 4 is 11.3 Å². The van der Waals surface area contributed by atoms with Crippen molar-refractivity contribution in [3.8, 4) is 11.8 Å². The third kappa shape index (κ3) is 4.35. The van der Waals surface area contributed by atoms with Crippen LogP contribution >= 0.6 is 11.3 Å². The molecule has 1 aliphatic rings. The van der Waals surface area contributed by atoms with Gasteiger partial charge >= 0.3 is 0 Å². The fraction of sp³-hybridized carbons (Fsp3) is 0.421. The summed E-state index contributed by atoms with van der Waals surface area (Å²) in [6, 6.07) is 12.2. The monoisotopic (exact) mass is 342 g/mol. The van der Waals surface area contributed by atoms with E-state index >= 15 is 0 Å². The van der Waals surface area contributed by atoms with Crippen LogP contribution < -0.4 is 4.74 Å². The van der Waals surface area contributed by atoms with Crippen LogP contribution in [0, 0.1) is 11.3 Å². The van der Waals surface area contributed by atoms with Crippen LogP contribution in [0.4, 0.5) is 0 Å². The molecule has 1 aliphatic heterocycles. The van der Waals surface area contributed by atoms with Gasteiger partial charge in [0.1, 0.15) is 18.5 Å². The van der Waals surface area contributed by atoms with Gasteiger partial charge < -0.3 is 9.84 Å². The smallest absolute Gasteiger partial charge is 0.119 e. The maximum atomic E-state index is 10.3. The Morgan fingerprint density at radius 3 is 2.88 bits per heavy atom. The Hall–Kier alpha value is -1.87. The summed E-state index contributed by atoms with van der Waals surface area (Å²) in [6.45, 7) is 1.94. The normalized spacial score (nSPS) is 19.1. The van der Waals surface area contributed by atoms with Gasteiger partial charge in [-0.3, -0.25) is 4.90 Å². The van der Waals surface area contributed by atoms with Crippen molar-refractivity contribution < 1.29 is 9.84 Å². The summed E-state index contributed by atoms with van der Waals surface area (Å²) in [5, 5.41) is 23.3. The molecule has 0 aliphatic carbocycles. The van der Waals surface area contributed by atoms with Crippen LogP contribution in [0.25, 0.3) is 0 Å². The molecule has 2 heterocycles. The molecule has 24 heavy (non-hydrogen) atoms. The van der Waals surface area contributed by atoms with Crippen molar-refractivity contribution in [3.05, 3.63) is 52.2 Å². The fourth-order valence-corrected chi connectivity index (χ4v) is 3.90. The van der Waals surface area contributed by atoms with Crippen LogP contribution in [0.2, 0.25) is 0 Å². The van der Waals surface area contributed by atoms with Gasteiger partial charge in [-0.05, 0) is 59.5 Å². The molecule has 1 fully saturated rings. The highest BCUT2D eigenvalue weighted by Crippen LogP contribution is 2.32. The van der Waals surface area contributed by atoms with E-state index in [0.717, 1.165) is 24.3 Å². The van der Waals surface area contributed by atoms with E-state index in [2.05, 4.69) is 27.8 Å². The molecular weight excluding hydrogens is 320 g/mol. The summed E-state index contributed by atoms with van der Waals surface area (Å²) in [5.41, 5.74) is 2.33. The summed E-state index contributed by atoms with van der Waals surface area (Å²) in [5.74, 6) is 0.728. The average Bonchev–Trinajstić information content (AvgIpc) is 3.25. The summed E-state index contributed by atoms with van der Waals surface area (Å²) < 4.78 is 5.68. The highest BCUT2D eigenvalue weighted by atomic mass is 32.1. The molecule has 1 aromatic carbocycles. The fourth-order valence-electron chi connectivity index (χ4n) is 3.20. The first-order chi connectivity index (χ1) is 11.8. The number of β-amino-alcohol motifs (C(OH)–C–C–N with tert-alkyl or cyclic N) is 1. The minimum absolute atomic E-state index is 0.282. The third-order valence-corrected chi connectivity index (χ3v) is 5.09. The Labute approximate surface area is 146 Å². The first-order valence-electron chi connectivity index (χ1n) is 8.29. The van der Waals surface area contributed by atoms with Crippen molar-refractivity contribution in [1.29, 1.82) is 5.26 Å². The van der Waals surface area contributed by atoms with Gasteiger partial charge in [-0.2, -0.15) is 16.6 Å². The number of thiophene rings is 1. The van der Waals surface area contributed by atoms with Gasteiger partial charge in [0, 0.05) is 12.6 Å². The van der Waals surface area contributed by atoms with E-state index < -0.39 is 6.10 Å². The molecule has 0 saturated carbocycles. The molecule has 2 aromatic rings. The number of likely N-dealkylation sites (tertiary alicyclic amines) is 1. The zero-order valence-electron chi connectivity index (χ0n) is 13.6. The molecule has 0 spiro atoms. The second-order valence-corrected chi connectivity index (χ2v) is 6.93. The lowest BCUT2D eigenvalue weighted by Crippen LogP contribution is -2.35. The number of nitriles is 1. The van der Waals surface area contributed by atoms with Crippen molar-refractivity contribution in [1.82, 2.24) is 4.90 Å². The molecule has 2 atom stereocenters. The molecule has 5 heteroatoms. The molecule has 1 aromatic heterocycles. The van der Waals surface area contributed by atoms with E-state index in [4.69, 9.17) is 10.00 Å². The van der Waals surface area contributed by atoms with Crippen LogP contribution in [-0.4, -0.2) is 35.8 Å². The topological polar surface area (TPSA) is 56.5 Å². The van der Waals surface area contributed by atoms with Crippen molar-refractivity contribution in [3.63, 3.8) is 0 Å². The standard InChI is InChI=1S/C19H22N2O2S/c20-9-7-15-3-5-18(6-4-15)23-13-17(22)12-21-10-1-2-19(21)16-8-11-24-14-16/h3-6,8,11,14,17,19,22H,1-2,7,10,12-13H2/t17-,19+/m1/s1. The number of rotatable bonds is 7. The number of nitrogens with zero attached hydrogens (tertiary/aromatic N) is 2. The Morgan fingerprint density at radius 2 is 2.17 bits per heavy atom. The second kappa shape index (κ2) is 8.29. The van der Waals surface area contributed by atoms with Crippen LogP contribution in [0.5, 0.6) is 5.75 Å². The van der Waals surface area contributed by atoms with Gasteiger partial charge in [0.2, 0.25) is 0 Å². The molecular formula is C19H22N2O2S. The minimum atomic E-state index is -0.511.